The molecule has 3 nitrogen and oxygen atoms in total. The number of hydrogen-bond acceptors (Lipinski definition) is 3. The minimum Gasteiger partial charge on any atom is -0.393 e. The summed E-state index contributed by atoms with van der Waals surface area (Å²) in [6, 6.07) is 0. The van der Waals surface area contributed by atoms with E-state index < -0.39 is 0 Å². The number of ether oxygens (including phenoxy) is 1. The van der Waals surface area contributed by atoms with Crippen LogP contribution < -0.4 is 0 Å². The summed E-state index contributed by atoms with van der Waals surface area (Å²) >= 11 is 0. The van der Waals surface area contributed by atoms with E-state index in [4.69, 9.17) is 0 Å². The third-order valence-corrected chi connectivity index (χ3v) is 4.75. The molecular formula is C20H34O3. The normalized spacial score (nSPS) is 19.5. The van der Waals surface area contributed by atoms with Crippen LogP contribution in [0, 0.1) is 11.8 Å². The van der Waals surface area contributed by atoms with Gasteiger partial charge in [0, 0.05) is 0 Å². The minimum absolute atomic E-state index is 0.146. The fourth-order valence-electron chi connectivity index (χ4n) is 3.22. The number of unbranched alkanes of at least 4 members (excludes halogenated alkanes) is 9. The molecule has 0 N–H and O–H groups in total. The molecule has 0 saturated carbocycles. The Morgan fingerprint density at radius 3 is 2.13 bits per heavy atom. The lowest BCUT2D eigenvalue weighted by atomic mass is 9.88. The zero-order valence-corrected chi connectivity index (χ0v) is 15.0. The van der Waals surface area contributed by atoms with E-state index in [9.17, 15) is 9.59 Å². The molecule has 1 saturated heterocycles. The van der Waals surface area contributed by atoms with Gasteiger partial charge in [-0.25, -0.2) is 0 Å². The van der Waals surface area contributed by atoms with Crippen LogP contribution in [0.1, 0.15) is 90.9 Å². The van der Waals surface area contributed by atoms with Gasteiger partial charge in [0.1, 0.15) is 0 Å². The lowest BCUT2D eigenvalue weighted by Crippen LogP contribution is -2.17. The van der Waals surface area contributed by atoms with E-state index in [1.165, 1.54) is 57.8 Å². The van der Waals surface area contributed by atoms with Crippen molar-refractivity contribution in [3.63, 3.8) is 0 Å². The Balaban J connectivity index is 2.06. The predicted molar refractivity (Wildman–Crippen MR) is 94.0 cm³/mol. The van der Waals surface area contributed by atoms with Crippen molar-refractivity contribution in [3.8, 4) is 0 Å². The van der Waals surface area contributed by atoms with E-state index in [1.54, 1.807) is 0 Å². The maximum Gasteiger partial charge on any atom is 0.317 e. The number of esters is 2. The number of cyclic esters (lactones) is 2. The molecule has 3 heteroatoms. The molecule has 1 fully saturated rings. The molecular weight excluding hydrogens is 288 g/mol. The molecule has 2 atom stereocenters. The Hall–Kier alpha value is -1.12. The summed E-state index contributed by atoms with van der Waals surface area (Å²) in [6.07, 6.45) is 18.6. The van der Waals surface area contributed by atoms with E-state index >= 15 is 0 Å². The van der Waals surface area contributed by atoms with Gasteiger partial charge in [0.2, 0.25) is 0 Å². The van der Waals surface area contributed by atoms with Gasteiger partial charge in [0.15, 0.2) is 0 Å². The first kappa shape index (κ1) is 19.9. The van der Waals surface area contributed by atoms with Gasteiger partial charge in [-0.15, -0.1) is 0 Å². The van der Waals surface area contributed by atoms with Gasteiger partial charge >= 0.3 is 11.9 Å². The zero-order chi connectivity index (χ0) is 16.9. The van der Waals surface area contributed by atoms with Crippen LogP contribution in [0.15, 0.2) is 12.2 Å². The van der Waals surface area contributed by atoms with Crippen molar-refractivity contribution in [2.45, 2.75) is 90.9 Å². The van der Waals surface area contributed by atoms with Gasteiger partial charge in [-0.05, 0) is 25.2 Å². The van der Waals surface area contributed by atoms with Crippen molar-refractivity contribution >= 4 is 11.9 Å². The van der Waals surface area contributed by atoms with E-state index in [0.29, 0.717) is 0 Å². The first-order valence-corrected chi connectivity index (χ1v) is 9.60. The van der Waals surface area contributed by atoms with Crippen LogP contribution in [0.5, 0.6) is 0 Å². The Labute approximate surface area is 141 Å². The topological polar surface area (TPSA) is 43.4 Å². The smallest absolute Gasteiger partial charge is 0.317 e. The van der Waals surface area contributed by atoms with E-state index in [-0.39, 0.29) is 30.2 Å². The monoisotopic (exact) mass is 322 g/mol. The maximum absolute atomic E-state index is 11.6. The third-order valence-electron chi connectivity index (χ3n) is 4.75. The molecule has 0 aromatic carbocycles. The Morgan fingerprint density at radius 2 is 1.61 bits per heavy atom. The van der Waals surface area contributed by atoms with Gasteiger partial charge < -0.3 is 4.74 Å². The highest BCUT2D eigenvalue weighted by atomic mass is 16.6. The average Bonchev–Trinajstić information content (AvgIpc) is 2.87. The van der Waals surface area contributed by atoms with Crippen molar-refractivity contribution < 1.29 is 14.3 Å². The summed E-state index contributed by atoms with van der Waals surface area (Å²) in [5.74, 6) is -0.820. The molecule has 1 aliphatic heterocycles. The standard InChI is InChI=1S/C20H34O3/c1-3-5-6-7-8-9-10-11-12-13-14-15-17(4-2)18-16-19(21)23-20(18)22/h14-15,17-18H,3-13,16H2,1-2H3. The lowest BCUT2D eigenvalue weighted by Gasteiger charge is -2.13. The second-order valence-corrected chi connectivity index (χ2v) is 6.72. The summed E-state index contributed by atoms with van der Waals surface area (Å²) in [7, 11) is 0. The molecule has 0 spiro atoms. The van der Waals surface area contributed by atoms with Crippen LogP contribution in [0.3, 0.4) is 0 Å². The molecule has 0 bridgehead atoms. The molecule has 0 aliphatic carbocycles. The summed E-state index contributed by atoms with van der Waals surface area (Å²) in [6.45, 7) is 4.31. The van der Waals surface area contributed by atoms with Crippen molar-refractivity contribution in [1.82, 2.24) is 0 Å². The second-order valence-electron chi connectivity index (χ2n) is 6.72. The van der Waals surface area contributed by atoms with Gasteiger partial charge in [-0.1, -0.05) is 77.4 Å². The Bertz CT molecular complexity index is 373. The highest BCUT2D eigenvalue weighted by molar-refractivity contribution is 5.94. The first-order chi connectivity index (χ1) is 11.2. The summed E-state index contributed by atoms with van der Waals surface area (Å²) in [5, 5.41) is 0. The molecule has 0 radical (unpaired) electrons. The molecule has 23 heavy (non-hydrogen) atoms. The van der Waals surface area contributed by atoms with Crippen LogP contribution in [-0.2, 0) is 14.3 Å². The lowest BCUT2D eigenvalue weighted by molar-refractivity contribution is -0.153. The largest absolute Gasteiger partial charge is 0.393 e. The van der Waals surface area contributed by atoms with Gasteiger partial charge in [0.05, 0.1) is 12.3 Å². The average molecular weight is 322 g/mol. The molecule has 1 aliphatic rings. The molecule has 0 aromatic rings. The summed E-state index contributed by atoms with van der Waals surface area (Å²) < 4.78 is 4.65. The zero-order valence-electron chi connectivity index (χ0n) is 15.0. The molecule has 1 rings (SSSR count). The van der Waals surface area contributed by atoms with Gasteiger partial charge in [-0.3, -0.25) is 9.59 Å². The molecule has 2 unspecified atom stereocenters. The van der Waals surface area contributed by atoms with Crippen LogP contribution >= 0.6 is 0 Å². The van der Waals surface area contributed by atoms with Crippen LogP contribution in [0.25, 0.3) is 0 Å². The Kier molecular flexibility index (Phi) is 10.7. The van der Waals surface area contributed by atoms with Crippen LogP contribution in [0.2, 0.25) is 0 Å². The van der Waals surface area contributed by atoms with E-state index in [1.807, 2.05) is 0 Å². The highest BCUT2D eigenvalue weighted by Gasteiger charge is 2.37. The van der Waals surface area contributed by atoms with Crippen molar-refractivity contribution in [3.05, 3.63) is 12.2 Å². The molecule has 1 heterocycles. The second kappa shape index (κ2) is 12.3. The molecule has 132 valence electrons. The third kappa shape index (κ3) is 8.34. The maximum atomic E-state index is 11.6. The van der Waals surface area contributed by atoms with E-state index in [2.05, 4.69) is 30.7 Å². The van der Waals surface area contributed by atoms with E-state index in [0.717, 1.165) is 12.8 Å². The Morgan fingerprint density at radius 1 is 1.00 bits per heavy atom. The van der Waals surface area contributed by atoms with Crippen LogP contribution in [0.4, 0.5) is 0 Å². The number of carbonyl (C=O) groups is 2. The molecule has 0 aromatic heterocycles. The molecule has 0 amide bonds. The SMILES string of the molecule is CCCCCCCCCCCC=CC(CC)C1CC(=O)OC1=O. The summed E-state index contributed by atoms with van der Waals surface area (Å²) in [4.78, 5) is 22.8. The number of allylic oxidation sites excluding steroid dienone is 2. The number of rotatable bonds is 13. The highest BCUT2D eigenvalue weighted by Crippen LogP contribution is 2.28. The van der Waals surface area contributed by atoms with Crippen molar-refractivity contribution in [2.75, 3.05) is 0 Å². The quantitative estimate of drug-likeness (QED) is 0.192. The minimum atomic E-state index is -0.370. The predicted octanol–water partition coefficient (Wildman–Crippen LogP) is 5.58. The number of carbonyl (C=O) groups excluding carboxylic acids is 2. The van der Waals surface area contributed by atoms with Crippen molar-refractivity contribution in [1.29, 1.82) is 0 Å². The fourth-order valence-corrected chi connectivity index (χ4v) is 3.22. The first-order valence-electron chi connectivity index (χ1n) is 9.60. The van der Waals surface area contributed by atoms with Gasteiger partial charge in [-0.2, -0.15) is 0 Å². The van der Waals surface area contributed by atoms with Crippen LogP contribution in [-0.4, -0.2) is 11.9 Å². The number of hydrogen-bond donors (Lipinski definition) is 0. The fraction of sp³-hybridized carbons (Fsp3) is 0.800. The van der Waals surface area contributed by atoms with Gasteiger partial charge in [0.25, 0.3) is 0 Å². The van der Waals surface area contributed by atoms with Crippen molar-refractivity contribution in [2.24, 2.45) is 11.8 Å². The summed E-state index contributed by atoms with van der Waals surface area (Å²) in [5.41, 5.74) is 0.